The molecule has 0 spiro atoms. The highest BCUT2D eigenvalue weighted by Gasteiger charge is 2.14. The Morgan fingerprint density at radius 3 is 2.76 bits per heavy atom. The lowest BCUT2D eigenvalue weighted by Gasteiger charge is -2.11. The molecule has 4 heteroatoms. The van der Waals surface area contributed by atoms with Crippen molar-refractivity contribution >= 4 is 17.3 Å². The van der Waals surface area contributed by atoms with Crippen LogP contribution in [-0.4, -0.2) is 12.0 Å². The van der Waals surface area contributed by atoms with Gasteiger partial charge in [-0.2, -0.15) is 0 Å². The van der Waals surface area contributed by atoms with E-state index in [0.29, 0.717) is 18.5 Å². The maximum atomic E-state index is 5.89. The molecule has 0 amide bonds. The summed E-state index contributed by atoms with van der Waals surface area (Å²) in [6.45, 7) is 4.98. The first-order valence-electron chi connectivity index (χ1n) is 6.27. The molecular formula is C13H21N3S. The molecule has 0 unspecified atom stereocenters. The van der Waals surface area contributed by atoms with Crippen molar-refractivity contribution in [3.05, 3.63) is 21.4 Å². The highest BCUT2D eigenvalue weighted by Crippen LogP contribution is 2.21. The van der Waals surface area contributed by atoms with Gasteiger partial charge in [-0.3, -0.25) is 0 Å². The summed E-state index contributed by atoms with van der Waals surface area (Å²) >= 11 is 1.81. The fraction of sp³-hybridized carbons (Fsp3) is 0.615. The summed E-state index contributed by atoms with van der Waals surface area (Å²) in [4.78, 5) is 7.07. The number of nitrogens with zero attached hydrogens (tertiary/aromatic N) is 1. The van der Waals surface area contributed by atoms with Crippen LogP contribution in [0.1, 0.15) is 41.0 Å². The van der Waals surface area contributed by atoms with Gasteiger partial charge in [0.2, 0.25) is 0 Å². The van der Waals surface area contributed by atoms with Gasteiger partial charge in [0.15, 0.2) is 5.96 Å². The third kappa shape index (κ3) is 3.46. The van der Waals surface area contributed by atoms with Gasteiger partial charge in [-0.15, -0.1) is 11.3 Å². The van der Waals surface area contributed by atoms with Crippen LogP contribution >= 0.6 is 11.3 Å². The van der Waals surface area contributed by atoms with Gasteiger partial charge in [0.25, 0.3) is 0 Å². The Bertz CT molecular complexity index is 383. The Labute approximate surface area is 107 Å². The molecule has 1 fully saturated rings. The quantitative estimate of drug-likeness (QED) is 0.641. The van der Waals surface area contributed by atoms with E-state index in [1.54, 1.807) is 0 Å². The summed E-state index contributed by atoms with van der Waals surface area (Å²) < 4.78 is 0. The van der Waals surface area contributed by atoms with Gasteiger partial charge < -0.3 is 11.1 Å². The van der Waals surface area contributed by atoms with Gasteiger partial charge in [-0.25, -0.2) is 4.99 Å². The topological polar surface area (TPSA) is 50.4 Å². The van der Waals surface area contributed by atoms with Gasteiger partial charge in [-0.05, 0) is 38.3 Å². The lowest BCUT2D eigenvalue weighted by atomic mass is 10.2. The summed E-state index contributed by atoms with van der Waals surface area (Å²) in [5.74, 6) is 0.598. The Morgan fingerprint density at radius 1 is 1.47 bits per heavy atom. The molecule has 0 radical (unpaired) electrons. The van der Waals surface area contributed by atoms with E-state index < -0.39 is 0 Å². The number of aliphatic imine (C=N–C) groups is 1. The molecule has 3 nitrogen and oxygen atoms in total. The average Bonchev–Trinajstić information content (AvgIpc) is 2.87. The summed E-state index contributed by atoms with van der Waals surface area (Å²) in [6, 6.07) is 2.75. The number of thiophene rings is 1. The summed E-state index contributed by atoms with van der Waals surface area (Å²) in [7, 11) is 0. The predicted molar refractivity (Wildman–Crippen MR) is 74.5 cm³/mol. The number of rotatable bonds is 3. The molecule has 1 heterocycles. The molecular weight excluding hydrogens is 230 g/mol. The van der Waals surface area contributed by atoms with Gasteiger partial charge in [0, 0.05) is 15.8 Å². The Kier molecular flexibility index (Phi) is 4.05. The van der Waals surface area contributed by atoms with Crippen molar-refractivity contribution in [1.82, 2.24) is 5.32 Å². The highest BCUT2D eigenvalue weighted by molar-refractivity contribution is 7.12. The van der Waals surface area contributed by atoms with Crippen molar-refractivity contribution < 1.29 is 0 Å². The normalized spacial score (nSPS) is 17.6. The third-order valence-electron chi connectivity index (χ3n) is 3.33. The van der Waals surface area contributed by atoms with Crippen LogP contribution in [0.15, 0.2) is 11.1 Å². The van der Waals surface area contributed by atoms with Gasteiger partial charge in [-0.1, -0.05) is 12.8 Å². The fourth-order valence-corrected chi connectivity index (χ4v) is 3.19. The van der Waals surface area contributed by atoms with Crippen LogP contribution in [-0.2, 0) is 6.54 Å². The van der Waals surface area contributed by atoms with Gasteiger partial charge in [0.1, 0.15) is 0 Å². The van der Waals surface area contributed by atoms with E-state index in [2.05, 4.69) is 30.2 Å². The zero-order valence-electron chi connectivity index (χ0n) is 10.6. The molecule has 1 saturated carbocycles. The number of guanidine groups is 1. The smallest absolute Gasteiger partial charge is 0.189 e. The molecule has 0 atom stereocenters. The van der Waals surface area contributed by atoms with Crippen LogP contribution < -0.4 is 11.1 Å². The Hall–Kier alpha value is -1.03. The number of hydrogen-bond donors (Lipinski definition) is 2. The van der Waals surface area contributed by atoms with Crippen LogP contribution in [0.4, 0.5) is 0 Å². The highest BCUT2D eigenvalue weighted by atomic mass is 32.1. The van der Waals surface area contributed by atoms with Crippen molar-refractivity contribution in [2.24, 2.45) is 10.7 Å². The van der Waals surface area contributed by atoms with Crippen molar-refractivity contribution in [3.8, 4) is 0 Å². The molecule has 1 aliphatic rings. The van der Waals surface area contributed by atoms with Crippen LogP contribution in [0.2, 0.25) is 0 Å². The third-order valence-corrected chi connectivity index (χ3v) is 4.47. The van der Waals surface area contributed by atoms with E-state index in [0.717, 1.165) is 0 Å². The molecule has 1 aromatic rings. The molecule has 0 aliphatic heterocycles. The van der Waals surface area contributed by atoms with Gasteiger partial charge in [0.05, 0.1) is 6.54 Å². The van der Waals surface area contributed by atoms with E-state index in [1.165, 1.54) is 41.0 Å². The van der Waals surface area contributed by atoms with E-state index in [1.807, 2.05) is 11.3 Å². The SMILES string of the molecule is Cc1cc(CN=C(N)NC2CCCC2)sc1C. The monoisotopic (exact) mass is 251 g/mol. The molecule has 2 rings (SSSR count). The van der Waals surface area contributed by atoms with E-state index >= 15 is 0 Å². The zero-order chi connectivity index (χ0) is 12.3. The van der Waals surface area contributed by atoms with Crippen molar-refractivity contribution in [2.45, 2.75) is 52.1 Å². The molecule has 17 heavy (non-hydrogen) atoms. The first-order valence-corrected chi connectivity index (χ1v) is 7.09. The standard InChI is InChI=1S/C13H21N3S/c1-9-7-12(17-10(9)2)8-15-13(14)16-11-5-3-4-6-11/h7,11H,3-6,8H2,1-2H3,(H3,14,15,16). The molecule has 0 bridgehead atoms. The first kappa shape index (κ1) is 12.4. The van der Waals surface area contributed by atoms with E-state index in [9.17, 15) is 0 Å². The second-order valence-electron chi connectivity index (χ2n) is 4.78. The summed E-state index contributed by atoms with van der Waals surface area (Å²) in [6.07, 6.45) is 5.09. The Balaban J connectivity index is 1.86. The molecule has 3 N–H and O–H groups in total. The van der Waals surface area contributed by atoms with Gasteiger partial charge >= 0.3 is 0 Å². The summed E-state index contributed by atoms with van der Waals surface area (Å²) in [5.41, 5.74) is 7.24. The number of nitrogens with two attached hydrogens (primary N) is 1. The van der Waals surface area contributed by atoms with E-state index in [-0.39, 0.29) is 0 Å². The number of hydrogen-bond acceptors (Lipinski definition) is 2. The summed E-state index contributed by atoms with van der Waals surface area (Å²) in [5, 5.41) is 3.30. The first-order chi connectivity index (χ1) is 8.15. The number of aryl methyl sites for hydroxylation is 2. The van der Waals surface area contributed by atoms with Crippen LogP contribution in [0.3, 0.4) is 0 Å². The average molecular weight is 251 g/mol. The second kappa shape index (κ2) is 5.54. The molecule has 1 aromatic heterocycles. The minimum Gasteiger partial charge on any atom is -0.370 e. The minimum absolute atomic E-state index is 0.547. The van der Waals surface area contributed by atoms with Crippen molar-refractivity contribution in [1.29, 1.82) is 0 Å². The Morgan fingerprint density at radius 2 is 2.18 bits per heavy atom. The maximum Gasteiger partial charge on any atom is 0.189 e. The van der Waals surface area contributed by atoms with Crippen molar-refractivity contribution in [3.63, 3.8) is 0 Å². The van der Waals surface area contributed by atoms with Crippen LogP contribution in [0.5, 0.6) is 0 Å². The van der Waals surface area contributed by atoms with Crippen LogP contribution in [0, 0.1) is 13.8 Å². The number of nitrogens with one attached hydrogen (secondary N) is 1. The lowest BCUT2D eigenvalue weighted by molar-refractivity contribution is 0.625. The molecule has 94 valence electrons. The molecule has 0 aromatic carbocycles. The largest absolute Gasteiger partial charge is 0.370 e. The van der Waals surface area contributed by atoms with Crippen molar-refractivity contribution in [2.75, 3.05) is 0 Å². The predicted octanol–water partition coefficient (Wildman–Crippen LogP) is 2.71. The maximum absolute atomic E-state index is 5.89. The fourth-order valence-electron chi connectivity index (χ4n) is 2.22. The molecule has 0 saturated heterocycles. The molecule has 1 aliphatic carbocycles. The van der Waals surface area contributed by atoms with E-state index in [4.69, 9.17) is 5.73 Å². The minimum atomic E-state index is 0.547. The lowest BCUT2D eigenvalue weighted by Crippen LogP contribution is -2.38. The second-order valence-corrected chi connectivity index (χ2v) is 6.12. The van der Waals surface area contributed by atoms with Crippen LogP contribution in [0.25, 0.3) is 0 Å². The zero-order valence-corrected chi connectivity index (χ0v) is 11.4.